The highest BCUT2D eigenvalue weighted by Gasteiger charge is 2.06. The third kappa shape index (κ3) is 3.30. The van der Waals surface area contributed by atoms with Crippen LogP contribution in [0.5, 0.6) is 5.75 Å². The Bertz CT molecular complexity index is 482. The van der Waals surface area contributed by atoms with Crippen LogP contribution >= 0.6 is 0 Å². The summed E-state index contributed by atoms with van der Waals surface area (Å²) in [5.74, 6) is 2.41. The maximum Gasteiger partial charge on any atom is 0.147 e. The first-order valence-electron chi connectivity index (χ1n) is 5.98. The molecule has 1 N–H and O–H groups in total. The molecule has 0 bridgehead atoms. The molecule has 2 aromatic rings. The van der Waals surface area contributed by atoms with E-state index in [0.29, 0.717) is 19.6 Å². The van der Waals surface area contributed by atoms with E-state index in [2.05, 4.69) is 10.1 Å². The number of nitrogens with zero attached hydrogens (tertiary/aromatic N) is 3. The molecule has 0 fully saturated rings. The number of ether oxygens (including phenoxy) is 1. The van der Waals surface area contributed by atoms with Crippen molar-refractivity contribution in [2.75, 3.05) is 13.2 Å². The topological polar surface area (TPSA) is 60.2 Å². The lowest BCUT2D eigenvalue weighted by atomic mass is 10.3. The quantitative estimate of drug-likeness (QED) is 0.833. The maximum absolute atomic E-state index is 8.94. The molecule has 0 aliphatic rings. The first-order chi connectivity index (χ1) is 8.79. The van der Waals surface area contributed by atoms with E-state index in [1.807, 2.05) is 37.3 Å². The van der Waals surface area contributed by atoms with Crippen LogP contribution in [0.1, 0.15) is 11.6 Å². The number of benzene rings is 1. The molecule has 0 radical (unpaired) electrons. The van der Waals surface area contributed by atoms with Gasteiger partial charge in [0, 0.05) is 6.42 Å². The Kier molecular flexibility index (Phi) is 4.30. The van der Waals surface area contributed by atoms with Gasteiger partial charge in [0.25, 0.3) is 0 Å². The first-order valence-corrected chi connectivity index (χ1v) is 5.98. The summed E-state index contributed by atoms with van der Waals surface area (Å²) in [4.78, 5) is 4.32. The van der Waals surface area contributed by atoms with Crippen LogP contribution in [0.2, 0.25) is 0 Å². The van der Waals surface area contributed by atoms with Crippen LogP contribution in [0.3, 0.4) is 0 Å². The van der Waals surface area contributed by atoms with Gasteiger partial charge in [0.2, 0.25) is 0 Å². The van der Waals surface area contributed by atoms with Gasteiger partial charge >= 0.3 is 0 Å². The Morgan fingerprint density at radius 3 is 2.78 bits per heavy atom. The molecule has 0 aliphatic heterocycles. The summed E-state index contributed by atoms with van der Waals surface area (Å²) < 4.78 is 7.33. The summed E-state index contributed by atoms with van der Waals surface area (Å²) in [6.07, 6.45) is 0.676. The van der Waals surface area contributed by atoms with Crippen LogP contribution < -0.4 is 4.74 Å². The van der Waals surface area contributed by atoms with Gasteiger partial charge in [-0.25, -0.2) is 9.67 Å². The Labute approximate surface area is 106 Å². The molecule has 5 nitrogen and oxygen atoms in total. The number of aromatic nitrogens is 3. The minimum absolute atomic E-state index is 0.0648. The molecule has 2 rings (SSSR count). The van der Waals surface area contributed by atoms with Gasteiger partial charge in [-0.15, -0.1) is 0 Å². The highest BCUT2D eigenvalue weighted by molar-refractivity contribution is 5.20. The smallest absolute Gasteiger partial charge is 0.147 e. The Morgan fingerprint density at radius 2 is 2.06 bits per heavy atom. The molecule has 1 heterocycles. The number of hydrogen-bond acceptors (Lipinski definition) is 4. The molecular formula is C13H17N3O2. The molecule has 0 spiro atoms. The number of aliphatic hydroxyl groups is 1. The predicted molar refractivity (Wildman–Crippen MR) is 67.5 cm³/mol. The third-order valence-corrected chi connectivity index (χ3v) is 2.50. The van der Waals surface area contributed by atoms with Crippen molar-refractivity contribution in [3.8, 4) is 5.75 Å². The zero-order chi connectivity index (χ0) is 12.8. The monoisotopic (exact) mass is 247 g/mol. The van der Waals surface area contributed by atoms with Gasteiger partial charge in [-0.3, -0.25) is 0 Å². The normalized spacial score (nSPS) is 10.6. The van der Waals surface area contributed by atoms with Crippen LogP contribution in [0.15, 0.2) is 30.3 Å². The van der Waals surface area contributed by atoms with Crippen molar-refractivity contribution in [1.29, 1.82) is 0 Å². The van der Waals surface area contributed by atoms with E-state index in [1.165, 1.54) is 0 Å². The second-order valence-electron chi connectivity index (χ2n) is 3.93. The SMILES string of the molecule is Cc1nc(CCOc2ccccc2)n(CCO)n1. The summed E-state index contributed by atoms with van der Waals surface area (Å²) in [7, 11) is 0. The summed E-state index contributed by atoms with van der Waals surface area (Å²) in [5.41, 5.74) is 0. The van der Waals surface area contributed by atoms with Gasteiger partial charge in [0.15, 0.2) is 0 Å². The fourth-order valence-electron chi connectivity index (χ4n) is 1.73. The average molecular weight is 247 g/mol. The van der Waals surface area contributed by atoms with Crippen molar-refractivity contribution in [3.63, 3.8) is 0 Å². The van der Waals surface area contributed by atoms with Crippen LogP contribution in [-0.2, 0) is 13.0 Å². The molecular weight excluding hydrogens is 230 g/mol. The van der Waals surface area contributed by atoms with Crippen molar-refractivity contribution in [3.05, 3.63) is 42.0 Å². The van der Waals surface area contributed by atoms with E-state index in [0.717, 1.165) is 17.4 Å². The molecule has 0 unspecified atom stereocenters. The summed E-state index contributed by atoms with van der Waals surface area (Å²) in [5, 5.41) is 13.2. The molecule has 0 saturated carbocycles. The molecule has 0 saturated heterocycles. The molecule has 1 aromatic heterocycles. The fourth-order valence-corrected chi connectivity index (χ4v) is 1.73. The average Bonchev–Trinajstić information content (AvgIpc) is 2.72. The van der Waals surface area contributed by atoms with Crippen LogP contribution in [0.25, 0.3) is 0 Å². The lowest BCUT2D eigenvalue weighted by Gasteiger charge is -2.06. The van der Waals surface area contributed by atoms with Crippen LogP contribution in [0.4, 0.5) is 0 Å². The second kappa shape index (κ2) is 6.16. The minimum atomic E-state index is 0.0648. The van der Waals surface area contributed by atoms with Crippen molar-refractivity contribution in [2.45, 2.75) is 19.9 Å². The third-order valence-electron chi connectivity index (χ3n) is 2.50. The zero-order valence-electron chi connectivity index (χ0n) is 10.4. The number of aliphatic hydroxyl groups excluding tert-OH is 1. The van der Waals surface area contributed by atoms with Gasteiger partial charge in [-0.05, 0) is 19.1 Å². The first kappa shape index (κ1) is 12.6. The Morgan fingerprint density at radius 1 is 1.28 bits per heavy atom. The largest absolute Gasteiger partial charge is 0.493 e. The second-order valence-corrected chi connectivity index (χ2v) is 3.93. The number of rotatable bonds is 6. The van der Waals surface area contributed by atoms with Gasteiger partial charge in [-0.1, -0.05) is 18.2 Å². The Balaban J connectivity index is 1.90. The molecule has 0 atom stereocenters. The van der Waals surface area contributed by atoms with E-state index in [-0.39, 0.29) is 6.61 Å². The molecule has 18 heavy (non-hydrogen) atoms. The van der Waals surface area contributed by atoms with E-state index in [4.69, 9.17) is 9.84 Å². The molecule has 5 heteroatoms. The fraction of sp³-hybridized carbons (Fsp3) is 0.385. The van der Waals surface area contributed by atoms with E-state index < -0.39 is 0 Å². The van der Waals surface area contributed by atoms with E-state index in [1.54, 1.807) is 4.68 Å². The standard InChI is InChI=1S/C13H17N3O2/c1-11-14-13(16(15-11)8-9-17)7-10-18-12-5-3-2-4-6-12/h2-6,17H,7-10H2,1H3. The number of para-hydroxylation sites is 1. The van der Waals surface area contributed by atoms with Crippen molar-refractivity contribution in [2.24, 2.45) is 0 Å². The van der Waals surface area contributed by atoms with Crippen molar-refractivity contribution in [1.82, 2.24) is 14.8 Å². The predicted octanol–water partition coefficient (Wildman–Crippen LogP) is 1.20. The summed E-state index contributed by atoms with van der Waals surface area (Å²) in [6, 6.07) is 9.67. The van der Waals surface area contributed by atoms with Gasteiger partial charge in [0.05, 0.1) is 19.8 Å². The van der Waals surface area contributed by atoms with Gasteiger partial charge < -0.3 is 9.84 Å². The lowest BCUT2D eigenvalue weighted by Crippen LogP contribution is -2.12. The lowest BCUT2D eigenvalue weighted by molar-refractivity contribution is 0.263. The van der Waals surface area contributed by atoms with E-state index in [9.17, 15) is 0 Å². The minimum Gasteiger partial charge on any atom is -0.493 e. The summed E-state index contributed by atoms with van der Waals surface area (Å²) >= 11 is 0. The molecule has 0 aliphatic carbocycles. The maximum atomic E-state index is 8.94. The highest BCUT2D eigenvalue weighted by atomic mass is 16.5. The Hall–Kier alpha value is -1.88. The summed E-state index contributed by atoms with van der Waals surface area (Å²) in [6.45, 7) is 2.93. The van der Waals surface area contributed by atoms with Crippen LogP contribution in [-0.4, -0.2) is 33.1 Å². The zero-order valence-corrected chi connectivity index (χ0v) is 10.4. The van der Waals surface area contributed by atoms with E-state index >= 15 is 0 Å². The van der Waals surface area contributed by atoms with Crippen molar-refractivity contribution >= 4 is 0 Å². The molecule has 1 aromatic carbocycles. The molecule has 96 valence electrons. The van der Waals surface area contributed by atoms with Crippen LogP contribution in [0, 0.1) is 6.92 Å². The van der Waals surface area contributed by atoms with Crippen molar-refractivity contribution < 1.29 is 9.84 Å². The molecule has 0 amide bonds. The number of aryl methyl sites for hydroxylation is 1. The van der Waals surface area contributed by atoms with Gasteiger partial charge in [0.1, 0.15) is 17.4 Å². The number of hydrogen-bond donors (Lipinski definition) is 1. The van der Waals surface area contributed by atoms with Gasteiger partial charge in [-0.2, -0.15) is 5.10 Å². The highest BCUT2D eigenvalue weighted by Crippen LogP contribution is 2.09.